The number of hydrogen-bond donors (Lipinski definition) is 1. The lowest BCUT2D eigenvalue weighted by Gasteiger charge is -2.13. The highest BCUT2D eigenvalue weighted by atomic mass is 16.6. The molecule has 0 aromatic heterocycles. The van der Waals surface area contributed by atoms with Crippen molar-refractivity contribution in [3.05, 3.63) is 60.2 Å². The minimum Gasteiger partial charge on any atom is -0.496 e. The maximum absolute atomic E-state index is 11.5. The monoisotopic (exact) mass is 324 g/mol. The number of nitrogens with zero attached hydrogens (tertiary/aromatic N) is 1. The molecule has 5 heteroatoms. The molecule has 0 spiro atoms. The van der Waals surface area contributed by atoms with Gasteiger partial charge in [0.25, 0.3) is 0 Å². The van der Waals surface area contributed by atoms with Gasteiger partial charge in [0, 0.05) is 23.5 Å². The highest BCUT2D eigenvalue weighted by Crippen LogP contribution is 2.21. The van der Waals surface area contributed by atoms with Gasteiger partial charge in [0.15, 0.2) is 0 Å². The molecule has 0 bridgehead atoms. The van der Waals surface area contributed by atoms with Crippen LogP contribution in [0.15, 0.2) is 54.6 Å². The number of para-hydroxylation sites is 1. The van der Waals surface area contributed by atoms with Crippen molar-refractivity contribution in [3.8, 4) is 5.75 Å². The SMILES string of the molecule is COc1ccccc1/C=C/CNc1ccc(N2CCOC2=O)cc1. The summed E-state index contributed by atoms with van der Waals surface area (Å²) >= 11 is 0. The minimum absolute atomic E-state index is 0.282. The average molecular weight is 324 g/mol. The second-order valence-corrected chi connectivity index (χ2v) is 5.34. The molecule has 0 saturated carbocycles. The molecule has 1 aliphatic rings. The predicted molar refractivity (Wildman–Crippen MR) is 95.7 cm³/mol. The van der Waals surface area contributed by atoms with Gasteiger partial charge in [-0.05, 0) is 30.3 Å². The van der Waals surface area contributed by atoms with E-state index in [4.69, 9.17) is 9.47 Å². The van der Waals surface area contributed by atoms with Crippen molar-refractivity contribution in [3.63, 3.8) is 0 Å². The standard InChI is InChI=1S/C19H20N2O3/c1-23-18-7-3-2-5-15(18)6-4-12-20-16-8-10-17(11-9-16)21-13-14-24-19(21)22/h2-11,20H,12-14H2,1H3/b6-4+. The quantitative estimate of drug-likeness (QED) is 0.878. The van der Waals surface area contributed by atoms with E-state index >= 15 is 0 Å². The van der Waals surface area contributed by atoms with Crippen molar-refractivity contribution in [1.82, 2.24) is 0 Å². The third kappa shape index (κ3) is 3.68. The molecule has 0 aliphatic carbocycles. The van der Waals surface area contributed by atoms with E-state index in [9.17, 15) is 4.79 Å². The Bertz CT molecular complexity index is 726. The van der Waals surface area contributed by atoms with Crippen molar-refractivity contribution >= 4 is 23.5 Å². The Morgan fingerprint density at radius 2 is 2.00 bits per heavy atom. The number of carbonyl (C=O) groups is 1. The van der Waals surface area contributed by atoms with Gasteiger partial charge in [0.2, 0.25) is 0 Å². The molecule has 3 rings (SSSR count). The Morgan fingerprint density at radius 1 is 1.21 bits per heavy atom. The van der Waals surface area contributed by atoms with Crippen LogP contribution in [-0.4, -0.2) is 32.9 Å². The van der Waals surface area contributed by atoms with Crippen molar-refractivity contribution < 1.29 is 14.3 Å². The third-order valence-corrected chi connectivity index (χ3v) is 3.80. The molecule has 1 heterocycles. The Balaban J connectivity index is 1.55. The summed E-state index contributed by atoms with van der Waals surface area (Å²) in [6.45, 7) is 1.75. The van der Waals surface area contributed by atoms with Crippen LogP contribution in [0, 0.1) is 0 Å². The van der Waals surface area contributed by atoms with Gasteiger partial charge in [-0.1, -0.05) is 30.4 Å². The van der Waals surface area contributed by atoms with Crippen molar-refractivity contribution in [1.29, 1.82) is 0 Å². The molecule has 1 aliphatic heterocycles. The van der Waals surface area contributed by atoms with Crippen LogP contribution in [0.25, 0.3) is 6.08 Å². The number of hydrogen-bond acceptors (Lipinski definition) is 4. The summed E-state index contributed by atoms with van der Waals surface area (Å²) < 4.78 is 10.3. The van der Waals surface area contributed by atoms with Crippen molar-refractivity contribution in [2.75, 3.05) is 37.0 Å². The van der Waals surface area contributed by atoms with Gasteiger partial charge in [-0.15, -0.1) is 0 Å². The van der Waals surface area contributed by atoms with Crippen molar-refractivity contribution in [2.24, 2.45) is 0 Å². The molecule has 2 aromatic rings. The summed E-state index contributed by atoms with van der Waals surface area (Å²) in [4.78, 5) is 13.2. The summed E-state index contributed by atoms with van der Waals surface area (Å²) in [6.07, 6.45) is 3.79. The third-order valence-electron chi connectivity index (χ3n) is 3.80. The molecule has 1 fully saturated rings. The number of amides is 1. The Labute approximate surface area is 141 Å². The summed E-state index contributed by atoms with van der Waals surface area (Å²) in [5, 5.41) is 3.32. The van der Waals surface area contributed by atoms with Crippen LogP contribution in [-0.2, 0) is 4.74 Å². The molecular weight excluding hydrogens is 304 g/mol. The number of carbonyl (C=O) groups excluding carboxylic acids is 1. The van der Waals surface area contributed by atoms with Gasteiger partial charge >= 0.3 is 6.09 Å². The number of cyclic esters (lactones) is 1. The molecule has 2 aromatic carbocycles. The highest BCUT2D eigenvalue weighted by molar-refractivity contribution is 5.89. The largest absolute Gasteiger partial charge is 0.496 e. The molecular formula is C19H20N2O3. The summed E-state index contributed by atoms with van der Waals surface area (Å²) in [5.74, 6) is 0.857. The molecule has 5 nitrogen and oxygen atoms in total. The molecule has 0 radical (unpaired) electrons. The molecule has 1 saturated heterocycles. The number of anilines is 2. The fourth-order valence-electron chi connectivity index (χ4n) is 2.55. The zero-order valence-electron chi connectivity index (χ0n) is 13.6. The first-order valence-electron chi connectivity index (χ1n) is 7.86. The fraction of sp³-hybridized carbons (Fsp3) is 0.211. The van der Waals surface area contributed by atoms with E-state index in [1.54, 1.807) is 12.0 Å². The average Bonchev–Trinajstić information content (AvgIpc) is 3.05. The Morgan fingerprint density at radius 3 is 2.71 bits per heavy atom. The second kappa shape index (κ2) is 7.55. The molecule has 24 heavy (non-hydrogen) atoms. The Hall–Kier alpha value is -2.95. The van der Waals surface area contributed by atoms with Crippen LogP contribution < -0.4 is 15.0 Å². The summed E-state index contributed by atoms with van der Waals surface area (Å²) in [5.41, 5.74) is 2.90. The molecule has 0 unspecified atom stereocenters. The summed E-state index contributed by atoms with van der Waals surface area (Å²) in [7, 11) is 1.67. The number of benzene rings is 2. The number of rotatable bonds is 6. The van der Waals surface area contributed by atoms with Gasteiger partial charge < -0.3 is 14.8 Å². The van der Waals surface area contributed by atoms with Crippen LogP contribution >= 0.6 is 0 Å². The molecule has 124 valence electrons. The Kier molecular flexibility index (Phi) is 5.01. The van der Waals surface area contributed by atoms with E-state index in [1.807, 2.05) is 60.7 Å². The zero-order valence-corrected chi connectivity index (χ0v) is 13.6. The van der Waals surface area contributed by atoms with E-state index in [2.05, 4.69) is 5.32 Å². The molecule has 0 atom stereocenters. The zero-order chi connectivity index (χ0) is 16.8. The van der Waals surface area contributed by atoms with E-state index in [-0.39, 0.29) is 6.09 Å². The second-order valence-electron chi connectivity index (χ2n) is 5.34. The maximum atomic E-state index is 11.5. The van der Waals surface area contributed by atoms with E-state index in [0.29, 0.717) is 19.7 Å². The van der Waals surface area contributed by atoms with Gasteiger partial charge in [0.05, 0.1) is 13.7 Å². The first-order chi connectivity index (χ1) is 11.8. The summed E-state index contributed by atoms with van der Waals surface area (Å²) in [6, 6.07) is 15.6. The number of ether oxygens (including phenoxy) is 2. The lowest BCUT2D eigenvalue weighted by molar-refractivity contribution is 0.181. The minimum atomic E-state index is -0.282. The maximum Gasteiger partial charge on any atom is 0.414 e. The first-order valence-corrected chi connectivity index (χ1v) is 7.86. The number of methoxy groups -OCH3 is 1. The van der Waals surface area contributed by atoms with Gasteiger partial charge in [-0.25, -0.2) is 4.79 Å². The van der Waals surface area contributed by atoms with Crippen LogP contribution in [0.4, 0.5) is 16.2 Å². The van der Waals surface area contributed by atoms with Gasteiger partial charge in [-0.2, -0.15) is 0 Å². The molecule has 1 amide bonds. The van der Waals surface area contributed by atoms with Crippen LogP contribution in [0.3, 0.4) is 0 Å². The topological polar surface area (TPSA) is 50.8 Å². The number of nitrogens with one attached hydrogen (secondary N) is 1. The van der Waals surface area contributed by atoms with E-state index < -0.39 is 0 Å². The van der Waals surface area contributed by atoms with Crippen LogP contribution in [0.5, 0.6) is 5.75 Å². The fourth-order valence-corrected chi connectivity index (χ4v) is 2.55. The normalized spacial score (nSPS) is 14.0. The lowest BCUT2D eigenvalue weighted by atomic mass is 10.2. The lowest BCUT2D eigenvalue weighted by Crippen LogP contribution is -2.23. The highest BCUT2D eigenvalue weighted by Gasteiger charge is 2.23. The van der Waals surface area contributed by atoms with E-state index in [1.165, 1.54) is 0 Å². The smallest absolute Gasteiger partial charge is 0.414 e. The molecule has 1 N–H and O–H groups in total. The van der Waals surface area contributed by atoms with E-state index in [0.717, 1.165) is 22.7 Å². The van der Waals surface area contributed by atoms with Crippen molar-refractivity contribution in [2.45, 2.75) is 0 Å². The van der Waals surface area contributed by atoms with Gasteiger partial charge in [-0.3, -0.25) is 4.90 Å². The van der Waals surface area contributed by atoms with Gasteiger partial charge in [0.1, 0.15) is 12.4 Å². The van der Waals surface area contributed by atoms with Crippen LogP contribution in [0.2, 0.25) is 0 Å². The predicted octanol–water partition coefficient (Wildman–Crippen LogP) is 3.78. The first kappa shape index (κ1) is 15.9. The van der Waals surface area contributed by atoms with Crippen LogP contribution in [0.1, 0.15) is 5.56 Å².